The molecule has 1 fully saturated rings. The molecule has 0 aromatic heterocycles. The Morgan fingerprint density at radius 2 is 1.86 bits per heavy atom. The average Bonchev–Trinajstić information content (AvgIpc) is 3.34. The van der Waals surface area contributed by atoms with Crippen molar-refractivity contribution in [2.75, 3.05) is 13.6 Å². The van der Waals surface area contributed by atoms with Crippen molar-refractivity contribution in [3.8, 4) is 0 Å². The summed E-state index contributed by atoms with van der Waals surface area (Å²) in [6, 6.07) is 8.75. The molecule has 0 aliphatic heterocycles. The second-order valence-corrected chi connectivity index (χ2v) is 6.45. The Balaban J connectivity index is 2.17. The van der Waals surface area contributed by atoms with E-state index in [1.165, 1.54) is 18.4 Å². The molecule has 1 aliphatic rings. The van der Waals surface area contributed by atoms with Crippen molar-refractivity contribution in [1.29, 1.82) is 0 Å². The molecular weight excluding hydrogens is 282 g/mol. The van der Waals surface area contributed by atoms with Crippen molar-refractivity contribution in [2.24, 2.45) is 10.7 Å². The predicted octanol–water partition coefficient (Wildman–Crippen LogP) is 3.81. The highest BCUT2D eigenvalue weighted by atomic mass is 35.5. The zero-order valence-corrected chi connectivity index (χ0v) is 14.0. The van der Waals surface area contributed by atoms with Crippen LogP contribution < -0.4 is 5.73 Å². The highest BCUT2D eigenvalue weighted by molar-refractivity contribution is 6.30. The third-order valence-corrected chi connectivity index (χ3v) is 5.06. The van der Waals surface area contributed by atoms with Crippen LogP contribution in [0.5, 0.6) is 0 Å². The Kier molecular flexibility index (Phi) is 5.15. The van der Waals surface area contributed by atoms with Gasteiger partial charge in [0.2, 0.25) is 0 Å². The second kappa shape index (κ2) is 6.69. The Morgan fingerprint density at radius 1 is 1.29 bits per heavy atom. The molecule has 0 spiro atoms. The lowest BCUT2D eigenvalue weighted by molar-refractivity contribution is 0.402. The molecule has 0 radical (unpaired) electrons. The summed E-state index contributed by atoms with van der Waals surface area (Å²) >= 11 is 6.00. The first-order valence-corrected chi connectivity index (χ1v) is 8.19. The minimum Gasteiger partial charge on any atom is -0.370 e. The molecule has 116 valence electrons. The number of hydrogen-bond donors (Lipinski definition) is 1. The van der Waals surface area contributed by atoms with Crippen molar-refractivity contribution >= 4 is 17.6 Å². The summed E-state index contributed by atoms with van der Waals surface area (Å²) in [5.41, 5.74) is 7.47. The van der Waals surface area contributed by atoms with Gasteiger partial charge in [0.25, 0.3) is 0 Å². The molecule has 3 nitrogen and oxygen atoms in total. The van der Waals surface area contributed by atoms with E-state index in [2.05, 4.69) is 35.9 Å². The van der Waals surface area contributed by atoms with Crippen molar-refractivity contribution in [3.63, 3.8) is 0 Å². The van der Waals surface area contributed by atoms with Gasteiger partial charge in [0.05, 0.1) is 6.54 Å². The molecule has 2 N–H and O–H groups in total. The Bertz CT molecular complexity index is 487. The molecule has 1 saturated carbocycles. The molecular formula is C17H26ClN3. The van der Waals surface area contributed by atoms with Gasteiger partial charge in [0, 0.05) is 23.5 Å². The van der Waals surface area contributed by atoms with Crippen LogP contribution in [-0.4, -0.2) is 30.5 Å². The number of halogens is 1. The summed E-state index contributed by atoms with van der Waals surface area (Å²) in [5.74, 6) is 0.665. The van der Waals surface area contributed by atoms with Crippen LogP contribution in [0.15, 0.2) is 29.3 Å². The average molecular weight is 308 g/mol. The van der Waals surface area contributed by atoms with Gasteiger partial charge in [-0.3, -0.25) is 4.99 Å². The first-order valence-electron chi connectivity index (χ1n) is 7.81. The quantitative estimate of drug-likeness (QED) is 0.641. The van der Waals surface area contributed by atoms with Crippen LogP contribution in [-0.2, 0) is 5.41 Å². The number of guanidine groups is 1. The summed E-state index contributed by atoms with van der Waals surface area (Å²) in [7, 11) is 2.04. The number of nitrogens with two attached hydrogens (primary N) is 1. The SMILES string of the molecule is CCC(CC)(CN=C(N)N(C)C1CC1)c1ccc(Cl)cc1. The normalized spacial score (nSPS) is 16.1. The molecule has 21 heavy (non-hydrogen) atoms. The maximum Gasteiger partial charge on any atom is 0.191 e. The van der Waals surface area contributed by atoms with E-state index in [9.17, 15) is 0 Å². The molecule has 1 aromatic carbocycles. The van der Waals surface area contributed by atoms with Crippen molar-refractivity contribution < 1.29 is 0 Å². The van der Waals surface area contributed by atoms with Crippen molar-refractivity contribution in [2.45, 2.75) is 51.0 Å². The maximum atomic E-state index is 6.13. The van der Waals surface area contributed by atoms with Gasteiger partial charge in [-0.15, -0.1) is 0 Å². The summed E-state index contributed by atoms with van der Waals surface area (Å²) in [4.78, 5) is 6.79. The van der Waals surface area contributed by atoms with Crippen LogP contribution >= 0.6 is 11.6 Å². The number of benzene rings is 1. The van der Waals surface area contributed by atoms with Gasteiger partial charge in [0.1, 0.15) is 0 Å². The van der Waals surface area contributed by atoms with Crippen LogP contribution in [0.4, 0.5) is 0 Å². The number of rotatable bonds is 6. The van der Waals surface area contributed by atoms with Crippen LogP contribution in [0.1, 0.15) is 45.1 Å². The largest absolute Gasteiger partial charge is 0.370 e. The van der Waals surface area contributed by atoms with Gasteiger partial charge in [-0.2, -0.15) is 0 Å². The summed E-state index contributed by atoms with van der Waals surface area (Å²) in [6.45, 7) is 5.16. The lowest BCUT2D eigenvalue weighted by Crippen LogP contribution is -2.38. The zero-order valence-electron chi connectivity index (χ0n) is 13.3. The van der Waals surface area contributed by atoms with Gasteiger partial charge in [-0.25, -0.2) is 0 Å². The van der Waals surface area contributed by atoms with E-state index in [1.54, 1.807) is 0 Å². The topological polar surface area (TPSA) is 41.6 Å². The van der Waals surface area contributed by atoms with Crippen LogP contribution in [0.2, 0.25) is 5.02 Å². The van der Waals surface area contributed by atoms with Crippen LogP contribution in [0, 0.1) is 0 Å². The molecule has 2 rings (SSSR count). The van der Waals surface area contributed by atoms with Gasteiger partial charge in [0.15, 0.2) is 5.96 Å². The zero-order chi connectivity index (χ0) is 15.5. The standard InChI is InChI=1S/C17H26ClN3/c1-4-17(5-2,13-6-8-14(18)9-7-13)12-20-16(19)21(3)15-10-11-15/h6-9,15H,4-5,10-12H2,1-3H3,(H2,19,20). The van der Waals surface area contributed by atoms with Crippen LogP contribution in [0.25, 0.3) is 0 Å². The fourth-order valence-corrected chi connectivity index (χ4v) is 2.90. The van der Waals surface area contributed by atoms with E-state index < -0.39 is 0 Å². The molecule has 1 aliphatic carbocycles. The maximum absolute atomic E-state index is 6.13. The Hall–Kier alpha value is -1.22. The molecule has 0 heterocycles. The van der Waals surface area contributed by atoms with E-state index in [1.807, 2.05) is 19.2 Å². The molecule has 0 atom stereocenters. The summed E-state index contributed by atoms with van der Waals surface area (Å²) < 4.78 is 0. The summed E-state index contributed by atoms with van der Waals surface area (Å²) in [5, 5.41) is 0.774. The fraction of sp³-hybridized carbons (Fsp3) is 0.588. The second-order valence-electron chi connectivity index (χ2n) is 6.01. The monoisotopic (exact) mass is 307 g/mol. The Morgan fingerprint density at radius 3 is 2.33 bits per heavy atom. The van der Waals surface area contributed by atoms with Gasteiger partial charge in [-0.1, -0.05) is 37.6 Å². The minimum atomic E-state index is 0.0413. The van der Waals surface area contributed by atoms with Crippen LogP contribution in [0.3, 0.4) is 0 Å². The van der Waals surface area contributed by atoms with Crippen molar-refractivity contribution in [3.05, 3.63) is 34.9 Å². The lowest BCUT2D eigenvalue weighted by atomic mass is 9.76. The minimum absolute atomic E-state index is 0.0413. The van der Waals surface area contributed by atoms with Gasteiger partial charge >= 0.3 is 0 Å². The van der Waals surface area contributed by atoms with Gasteiger partial charge in [-0.05, 0) is 43.4 Å². The predicted molar refractivity (Wildman–Crippen MR) is 91.0 cm³/mol. The number of aliphatic imine (C=N–C) groups is 1. The summed E-state index contributed by atoms with van der Waals surface area (Å²) in [6.07, 6.45) is 4.54. The van der Waals surface area contributed by atoms with Gasteiger partial charge < -0.3 is 10.6 Å². The van der Waals surface area contributed by atoms with E-state index in [4.69, 9.17) is 17.3 Å². The fourth-order valence-electron chi connectivity index (χ4n) is 2.77. The third kappa shape index (κ3) is 3.70. The first-order chi connectivity index (χ1) is 10.0. The third-order valence-electron chi connectivity index (χ3n) is 4.81. The number of nitrogens with zero attached hydrogens (tertiary/aromatic N) is 2. The highest BCUT2D eigenvalue weighted by Crippen LogP contribution is 2.33. The number of hydrogen-bond acceptors (Lipinski definition) is 1. The molecule has 0 amide bonds. The Labute approximate surface area is 133 Å². The molecule has 0 bridgehead atoms. The molecule has 0 saturated heterocycles. The molecule has 4 heteroatoms. The van der Waals surface area contributed by atoms with E-state index >= 15 is 0 Å². The highest BCUT2D eigenvalue weighted by Gasteiger charge is 2.30. The van der Waals surface area contributed by atoms with E-state index in [0.717, 1.165) is 24.4 Å². The smallest absolute Gasteiger partial charge is 0.191 e. The lowest BCUT2D eigenvalue weighted by Gasteiger charge is -2.31. The van der Waals surface area contributed by atoms with E-state index in [-0.39, 0.29) is 5.41 Å². The molecule has 1 aromatic rings. The molecule has 0 unspecified atom stereocenters. The van der Waals surface area contributed by atoms with Crippen molar-refractivity contribution in [1.82, 2.24) is 4.90 Å². The first kappa shape index (κ1) is 16.2. The van der Waals surface area contributed by atoms with E-state index in [0.29, 0.717) is 12.0 Å².